The van der Waals surface area contributed by atoms with Crippen molar-refractivity contribution >= 4 is 52.7 Å². The van der Waals surface area contributed by atoms with Gasteiger partial charge in [-0.1, -0.05) is 83.1 Å². The molecule has 2 heterocycles. The summed E-state index contributed by atoms with van der Waals surface area (Å²) in [4.78, 5) is 31.3. The number of aromatic nitrogens is 1. The van der Waals surface area contributed by atoms with Crippen LogP contribution in [-0.2, 0) is 9.53 Å². The van der Waals surface area contributed by atoms with Crippen molar-refractivity contribution in [2.75, 3.05) is 6.61 Å². The zero-order valence-electron chi connectivity index (χ0n) is 17.9. The smallest absolute Gasteiger partial charge is 0.338 e. The first-order chi connectivity index (χ1) is 15.9. The van der Waals surface area contributed by atoms with Crippen molar-refractivity contribution in [1.29, 1.82) is 0 Å². The molecule has 33 heavy (non-hydrogen) atoms. The van der Waals surface area contributed by atoms with Gasteiger partial charge < -0.3 is 4.74 Å². The van der Waals surface area contributed by atoms with E-state index in [4.69, 9.17) is 27.9 Å². The Kier molecular flexibility index (Phi) is 6.98. The van der Waals surface area contributed by atoms with E-state index in [1.54, 1.807) is 38.1 Å². The van der Waals surface area contributed by atoms with E-state index in [-0.39, 0.29) is 12.2 Å². The molecule has 8 heteroatoms. The SMILES string of the molecule is CCOC(=O)C1=C(C)N=c2sc(=Cc3ccc(Cl)cc3Cl)c(=O)n2[C@H]1/C=C\c1ccccc1. The van der Waals surface area contributed by atoms with Gasteiger partial charge in [-0.25, -0.2) is 9.79 Å². The van der Waals surface area contributed by atoms with E-state index in [1.807, 2.05) is 42.5 Å². The number of allylic oxidation sites excluding steroid dienone is 2. The number of carbonyl (C=O) groups is 1. The molecule has 0 fully saturated rings. The summed E-state index contributed by atoms with van der Waals surface area (Å²) in [5.74, 6) is -0.489. The molecule has 4 rings (SSSR count). The van der Waals surface area contributed by atoms with Crippen LogP contribution < -0.4 is 14.9 Å². The van der Waals surface area contributed by atoms with E-state index >= 15 is 0 Å². The summed E-state index contributed by atoms with van der Waals surface area (Å²) in [6.07, 6.45) is 5.43. The first kappa shape index (κ1) is 23.2. The summed E-state index contributed by atoms with van der Waals surface area (Å²) in [6.45, 7) is 3.72. The molecule has 1 aliphatic heterocycles. The maximum absolute atomic E-state index is 13.5. The predicted octanol–water partition coefficient (Wildman–Crippen LogP) is 4.77. The fraction of sp³-hybridized carbons (Fsp3) is 0.160. The summed E-state index contributed by atoms with van der Waals surface area (Å²) in [5, 5.41) is 0.955. The van der Waals surface area contributed by atoms with Gasteiger partial charge in [0.05, 0.1) is 28.5 Å². The summed E-state index contributed by atoms with van der Waals surface area (Å²) in [5.41, 5.74) is 2.22. The van der Waals surface area contributed by atoms with Crippen molar-refractivity contribution in [3.05, 3.63) is 107 Å². The quantitative estimate of drug-likeness (QED) is 0.476. The van der Waals surface area contributed by atoms with Crippen LogP contribution in [0.4, 0.5) is 0 Å². The van der Waals surface area contributed by atoms with Crippen molar-refractivity contribution in [2.24, 2.45) is 4.99 Å². The Hall–Kier alpha value is -2.93. The molecule has 2 aromatic carbocycles. The van der Waals surface area contributed by atoms with E-state index in [0.29, 0.717) is 36.2 Å². The maximum Gasteiger partial charge on any atom is 0.338 e. The molecule has 0 unspecified atom stereocenters. The van der Waals surface area contributed by atoms with Gasteiger partial charge >= 0.3 is 5.97 Å². The normalized spacial score (nSPS) is 16.1. The third-order valence-corrected chi connectivity index (χ3v) is 6.62. The van der Waals surface area contributed by atoms with Crippen molar-refractivity contribution in [1.82, 2.24) is 4.57 Å². The standard InChI is InChI=1S/C25H20Cl2N2O3S/c1-3-32-24(31)22-15(2)28-25-29(20(22)12-9-16-7-5-4-6-8-16)23(30)21(33-25)13-17-10-11-18(26)14-19(17)27/h4-14,20H,3H2,1-2H3/b12-9-,21-13?/t20-/m0/s1. The Labute approximate surface area is 204 Å². The minimum Gasteiger partial charge on any atom is -0.463 e. The molecule has 0 aliphatic carbocycles. The van der Waals surface area contributed by atoms with Gasteiger partial charge in [-0.15, -0.1) is 0 Å². The molecule has 3 aromatic rings. The number of ether oxygens (including phenoxy) is 1. The molecule has 0 bridgehead atoms. The molecule has 1 aromatic heterocycles. The number of halogens is 2. The van der Waals surface area contributed by atoms with E-state index < -0.39 is 12.0 Å². The number of hydrogen-bond donors (Lipinski definition) is 0. The third kappa shape index (κ3) is 4.88. The zero-order chi connectivity index (χ0) is 23.5. The maximum atomic E-state index is 13.5. The summed E-state index contributed by atoms with van der Waals surface area (Å²) >= 11 is 13.5. The molecule has 168 valence electrons. The largest absolute Gasteiger partial charge is 0.463 e. The molecule has 5 nitrogen and oxygen atoms in total. The highest BCUT2D eigenvalue weighted by Gasteiger charge is 2.30. The molecule has 0 saturated carbocycles. The van der Waals surface area contributed by atoms with Crippen molar-refractivity contribution in [3.8, 4) is 0 Å². The minimum atomic E-state index is -0.650. The number of esters is 1. The van der Waals surface area contributed by atoms with E-state index in [9.17, 15) is 9.59 Å². The van der Waals surface area contributed by atoms with Gasteiger partial charge in [0.15, 0.2) is 4.80 Å². The molecule has 0 spiro atoms. The monoisotopic (exact) mass is 498 g/mol. The van der Waals surface area contributed by atoms with E-state index in [0.717, 1.165) is 5.56 Å². The van der Waals surface area contributed by atoms with Crippen molar-refractivity contribution < 1.29 is 9.53 Å². The molecule has 0 N–H and O–H groups in total. The lowest BCUT2D eigenvalue weighted by Gasteiger charge is -2.21. The fourth-order valence-electron chi connectivity index (χ4n) is 3.54. The van der Waals surface area contributed by atoms with Crippen LogP contribution in [0, 0.1) is 0 Å². The van der Waals surface area contributed by atoms with Crippen molar-refractivity contribution in [3.63, 3.8) is 0 Å². The second-order valence-electron chi connectivity index (χ2n) is 7.28. The lowest BCUT2D eigenvalue weighted by molar-refractivity contribution is -0.139. The van der Waals surface area contributed by atoms with Crippen LogP contribution in [0.1, 0.15) is 31.0 Å². The second kappa shape index (κ2) is 9.91. The topological polar surface area (TPSA) is 60.7 Å². The molecule has 0 radical (unpaired) electrons. The van der Waals surface area contributed by atoms with E-state index in [2.05, 4.69) is 4.99 Å². The van der Waals surface area contributed by atoms with Crippen LogP contribution in [0.15, 0.2) is 75.7 Å². The average Bonchev–Trinajstić information content (AvgIpc) is 3.09. The highest BCUT2D eigenvalue weighted by Crippen LogP contribution is 2.26. The predicted molar refractivity (Wildman–Crippen MR) is 133 cm³/mol. The Morgan fingerprint density at radius 3 is 2.67 bits per heavy atom. The lowest BCUT2D eigenvalue weighted by atomic mass is 10.0. The van der Waals surface area contributed by atoms with Gasteiger partial charge in [-0.2, -0.15) is 0 Å². The van der Waals surface area contributed by atoms with E-state index in [1.165, 1.54) is 15.9 Å². The minimum absolute atomic E-state index is 0.226. The number of rotatable bonds is 5. The number of hydrogen-bond acceptors (Lipinski definition) is 5. The summed E-state index contributed by atoms with van der Waals surface area (Å²) < 4.78 is 7.26. The van der Waals surface area contributed by atoms with Crippen LogP contribution in [0.25, 0.3) is 12.2 Å². The number of fused-ring (bicyclic) bond motifs is 1. The third-order valence-electron chi connectivity index (χ3n) is 5.08. The van der Waals surface area contributed by atoms with Gasteiger partial charge in [0.1, 0.15) is 0 Å². The average molecular weight is 499 g/mol. The van der Waals surface area contributed by atoms with Gasteiger partial charge in [0.2, 0.25) is 0 Å². The Bertz CT molecular complexity index is 1450. The van der Waals surface area contributed by atoms with Crippen LogP contribution in [-0.4, -0.2) is 17.1 Å². The summed E-state index contributed by atoms with van der Waals surface area (Å²) in [7, 11) is 0. The Morgan fingerprint density at radius 1 is 1.21 bits per heavy atom. The Balaban J connectivity index is 1.89. The number of nitrogens with zero attached hydrogens (tertiary/aromatic N) is 2. The molecular weight excluding hydrogens is 479 g/mol. The fourth-order valence-corrected chi connectivity index (χ4v) is 5.05. The summed E-state index contributed by atoms with van der Waals surface area (Å²) in [6, 6.07) is 14.1. The molecular formula is C25H20Cl2N2O3S. The first-order valence-corrected chi connectivity index (χ1v) is 11.8. The molecule has 1 aliphatic rings. The highest BCUT2D eigenvalue weighted by molar-refractivity contribution is 7.07. The van der Waals surface area contributed by atoms with Crippen molar-refractivity contribution in [2.45, 2.75) is 19.9 Å². The number of carbonyl (C=O) groups excluding carboxylic acids is 1. The van der Waals surface area contributed by atoms with Gasteiger partial charge in [-0.05, 0) is 43.2 Å². The van der Waals surface area contributed by atoms with Crippen LogP contribution in [0.3, 0.4) is 0 Å². The first-order valence-electron chi connectivity index (χ1n) is 10.3. The van der Waals surface area contributed by atoms with Crippen LogP contribution >= 0.6 is 34.5 Å². The van der Waals surface area contributed by atoms with Crippen LogP contribution in [0.2, 0.25) is 10.0 Å². The zero-order valence-corrected chi connectivity index (χ0v) is 20.2. The molecule has 0 amide bonds. The second-order valence-corrected chi connectivity index (χ2v) is 9.13. The lowest BCUT2D eigenvalue weighted by Crippen LogP contribution is -2.38. The van der Waals surface area contributed by atoms with Gasteiger partial charge in [0, 0.05) is 10.0 Å². The van der Waals surface area contributed by atoms with Gasteiger partial charge in [-0.3, -0.25) is 9.36 Å². The molecule has 0 saturated heterocycles. The highest BCUT2D eigenvalue weighted by atomic mass is 35.5. The van der Waals surface area contributed by atoms with Gasteiger partial charge in [0.25, 0.3) is 5.56 Å². The Morgan fingerprint density at radius 2 is 1.97 bits per heavy atom. The number of benzene rings is 2. The molecule has 1 atom stereocenters. The number of thiazole rings is 1. The van der Waals surface area contributed by atoms with Crippen LogP contribution in [0.5, 0.6) is 0 Å².